The third-order valence-electron chi connectivity index (χ3n) is 2.31. The van der Waals surface area contributed by atoms with Gasteiger partial charge in [0.2, 0.25) is 0 Å². The lowest BCUT2D eigenvalue weighted by atomic mass is 10.2. The number of hydrogen-bond acceptors (Lipinski definition) is 5. The number of nitrogens with zero attached hydrogens (tertiary/aromatic N) is 1. The molecule has 1 heterocycles. The van der Waals surface area contributed by atoms with Crippen molar-refractivity contribution in [3.05, 3.63) is 18.0 Å². The summed E-state index contributed by atoms with van der Waals surface area (Å²) in [6.07, 6.45) is 1.77. The first kappa shape index (κ1) is 15.1. The Morgan fingerprint density at radius 1 is 1.37 bits per heavy atom. The van der Waals surface area contributed by atoms with Crippen molar-refractivity contribution >= 4 is 17.6 Å². The number of rotatable bonds is 4. The molecule has 1 aromatic heterocycles. The lowest BCUT2D eigenvalue weighted by Gasteiger charge is -2.20. The molecule has 6 heteroatoms. The maximum atomic E-state index is 12.0. The van der Waals surface area contributed by atoms with E-state index in [4.69, 9.17) is 10.5 Å². The Morgan fingerprint density at radius 2 is 2.00 bits per heavy atom. The van der Waals surface area contributed by atoms with Crippen molar-refractivity contribution in [2.45, 2.75) is 39.3 Å². The molecular weight excluding hydrogens is 248 g/mol. The number of nitrogens with two attached hydrogens (primary N) is 1. The van der Waals surface area contributed by atoms with E-state index in [9.17, 15) is 9.59 Å². The van der Waals surface area contributed by atoms with Gasteiger partial charge < -0.3 is 19.8 Å². The zero-order chi connectivity index (χ0) is 14.6. The van der Waals surface area contributed by atoms with Gasteiger partial charge in [-0.05, 0) is 26.8 Å². The lowest BCUT2D eigenvalue weighted by molar-refractivity contribution is -0.140. The van der Waals surface area contributed by atoms with E-state index in [1.807, 2.05) is 0 Å². The molecule has 1 aromatic rings. The minimum atomic E-state index is -0.580. The van der Waals surface area contributed by atoms with Gasteiger partial charge in [0.1, 0.15) is 11.3 Å². The summed E-state index contributed by atoms with van der Waals surface area (Å²) in [5, 5.41) is 0. The minimum absolute atomic E-state index is 0.167. The molecule has 2 N–H and O–H groups in total. The Bertz CT molecular complexity index is 471. The summed E-state index contributed by atoms with van der Waals surface area (Å²) in [7, 11) is 1.32. The number of hydrogen-bond donors (Lipinski definition) is 1. The fourth-order valence-corrected chi connectivity index (χ4v) is 1.53. The highest BCUT2D eigenvalue weighted by molar-refractivity contribution is 5.89. The first-order valence-corrected chi connectivity index (χ1v) is 5.99. The molecule has 0 fully saturated rings. The Balaban J connectivity index is 2.83. The van der Waals surface area contributed by atoms with E-state index in [0.717, 1.165) is 0 Å². The van der Waals surface area contributed by atoms with Crippen LogP contribution in [0.25, 0.3) is 0 Å². The fraction of sp³-hybridized carbons (Fsp3) is 0.538. The zero-order valence-corrected chi connectivity index (χ0v) is 11.7. The summed E-state index contributed by atoms with van der Waals surface area (Å²) in [6.45, 7) is 5.68. The molecule has 1 rings (SSSR count). The maximum absolute atomic E-state index is 12.0. The van der Waals surface area contributed by atoms with Crippen LogP contribution in [-0.2, 0) is 20.8 Å². The van der Waals surface area contributed by atoms with Gasteiger partial charge in [0.05, 0.1) is 19.2 Å². The number of methoxy groups -OCH3 is 1. The van der Waals surface area contributed by atoms with Gasteiger partial charge in [-0.1, -0.05) is 0 Å². The smallest absolute Gasteiger partial charge is 0.355 e. The van der Waals surface area contributed by atoms with Gasteiger partial charge >= 0.3 is 11.9 Å². The number of anilines is 1. The Morgan fingerprint density at radius 3 is 2.53 bits per heavy atom. The molecule has 6 nitrogen and oxygen atoms in total. The molecule has 106 valence electrons. The van der Waals surface area contributed by atoms with Crippen molar-refractivity contribution in [2.24, 2.45) is 0 Å². The van der Waals surface area contributed by atoms with Crippen molar-refractivity contribution in [2.75, 3.05) is 12.8 Å². The first-order chi connectivity index (χ1) is 8.73. The average molecular weight is 268 g/mol. The molecule has 0 aliphatic carbocycles. The summed E-state index contributed by atoms with van der Waals surface area (Å²) < 4.78 is 11.4. The van der Waals surface area contributed by atoms with Gasteiger partial charge in [0.15, 0.2) is 0 Å². The Labute approximate surface area is 112 Å². The molecule has 0 atom stereocenters. The predicted octanol–water partition coefficient (Wildman–Crippen LogP) is 1.59. The highest BCUT2D eigenvalue weighted by Gasteiger charge is 2.21. The zero-order valence-electron chi connectivity index (χ0n) is 11.7. The largest absolute Gasteiger partial charge is 0.469 e. The number of nitrogen functional groups attached to an aromatic ring is 1. The van der Waals surface area contributed by atoms with E-state index >= 15 is 0 Å². The third-order valence-corrected chi connectivity index (χ3v) is 2.31. The van der Waals surface area contributed by atoms with Gasteiger partial charge in [-0.25, -0.2) is 4.79 Å². The second-order valence-electron chi connectivity index (χ2n) is 5.18. The second-order valence-corrected chi connectivity index (χ2v) is 5.18. The standard InChI is InChI=1S/C13H20N2O4/c1-13(2,3)19-12(17)10-7-9(14)8-15(10)6-5-11(16)18-4/h7-8H,5-6,14H2,1-4H3. The van der Waals surface area contributed by atoms with Crippen LogP contribution >= 0.6 is 0 Å². The minimum Gasteiger partial charge on any atom is -0.469 e. The molecule has 0 amide bonds. The quantitative estimate of drug-likeness (QED) is 0.838. The monoisotopic (exact) mass is 268 g/mol. The first-order valence-electron chi connectivity index (χ1n) is 5.99. The van der Waals surface area contributed by atoms with Gasteiger partial charge in [0.25, 0.3) is 0 Å². The van der Waals surface area contributed by atoms with Gasteiger partial charge in [-0.15, -0.1) is 0 Å². The van der Waals surface area contributed by atoms with Gasteiger partial charge in [-0.3, -0.25) is 4.79 Å². The molecule has 19 heavy (non-hydrogen) atoms. The van der Waals surface area contributed by atoms with Crippen LogP contribution in [0.2, 0.25) is 0 Å². The molecule has 0 aliphatic heterocycles. The average Bonchev–Trinajstić information content (AvgIpc) is 2.65. The van der Waals surface area contributed by atoms with Gasteiger partial charge in [-0.2, -0.15) is 0 Å². The van der Waals surface area contributed by atoms with Gasteiger partial charge in [0, 0.05) is 12.7 Å². The molecule has 0 radical (unpaired) electrons. The summed E-state index contributed by atoms with van der Waals surface area (Å²) in [6, 6.07) is 1.53. The number of aryl methyl sites for hydroxylation is 1. The van der Waals surface area contributed by atoms with Crippen LogP contribution in [0.15, 0.2) is 12.3 Å². The molecule has 0 bridgehead atoms. The van der Waals surface area contributed by atoms with E-state index in [1.54, 1.807) is 31.5 Å². The van der Waals surface area contributed by atoms with Crippen LogP contribution < -0.4 is 5.73 Å². The summed E-state index contributed by atoms with van der Waals surface area (Å²) in [5.41, 5.74) is 5.87. The Hall–Kier alpha value is -1.98. The van der Waals surface area contributed by atoms with Crippen molar-refractivity contribution < 1.29 is 19.1 Å². The number of carbonyl (C=O) groups excluding carboxylic acids is 2. The second kappa shape index (κ2) is 5.77. The number of esters is 2. The van der Waals surface area contributed by atoms with E-state index in [0.29, 0.717) is 17.9 Å². The van der Waals surface area contributed by atoms with Crippen molar-refractivity contribution in [1.29, 1.82) is 0 Å². The van der Waals surface area contributed by atoms with Crippen LogP contribution in [-0.4, -0.2) is 29.2 Å². The summed E-state index contributed by atoms with van der Waals surface area (Å²) in [5.74, 6) is -0.809. The van der Waals surface area contributed by atoms with Crippen LogP contribution in [0, 0.1) is 0 Å². The highest BCUT2D eigenvalue weighted by Crippen LogP contribution is 2.16. The molecule has 0 unspecified atom stereocenters. The number of aromatic nitrogens is 1. The van der Waals surface area contributed by atoms with Crippen molar-refractivity contribution in [3.63, 3.8) is 0 Å². The number of ether oxygens (including phenoxy) is 2. The third kappa shape index (κ3) is 4.65. The predicted molar refractivity (Wildman–Crippen MR) is 70.6 cm³/mol. The summed E-state index contributed by atoms with van der Waals surface area (Å²) >= 11 is 0. The van der Waals surface area contributed by atoms with Crippen molar-refractivity contribution in [3.8, 4) is 0 Å². The highest BCUT2D eigenvalue weighted by atomic mass is 16.6. The molecule has 0 aromatic carbocycles. The van der Waals surface area contributed by atoms with E-state index in [-0.39, 0.29) is 12.4 Å². The van der Waals surface area contributed by atoms with Crippen LogP contribution in [0.5, 0.6) is 0 Å². The molecular formula is C13H20N2O4. The van der Waals surface area contributed by atoms with Crippen LogP contribution in [0.4, 0.5) is 5.69 Å². The fourth-order valence-electron chi connectivity index (χ4n) is 1.53. The normalized spacial score (nSPS) is 11.2. The van der Waals surface area contributed by atoms with Crippen LogP contribution in [0.1, 0.15) is 37.7 Å². The molecule has 0 spiro atoms. The van der Waals surface area contributed by atoms with Crippen LogP contribution in [0.3, 0.4) is 0 Å². The lowest BCUT2D eigenvalue weighted by Crippen LogP contribution is -2.25. The van der Waals surface area contributed by atoms with E-state index in [1.165, 1.54) is 13.2 Å². The molecule has 0 saturated heterocycles. The number of carbonyl (C=O) groups is 2. The van der Waals surface area contributed by atoms with Crippen molar-refractivity contribution in [1.82, 2.24) is 4.57 Å². The SMILES string of the molecule is COC(=O)CCn1cc(N)cc1C(=O)OC(C)(C)C. The topological polar surface area (TPSA) is 83.5 Å². The maximum Gasteiger partial charge on any atom is 0.355 e. The molecule has 0 aliphatic rings. The Kier molecular flexibility index (Phi) is 4.58. The molecule has 0 saturated carbocycles. The summed E-state index contributed by atoms with van der Waals surface area (Å²) in [4.78, 5) is 23.1. The van der Waals surface area contributed by atoms with E-state index in [2.05, 4.69) is 4.74 Å². The van der Waals surface area contributed by atoms with E-state index < -0.39 is 11.6 Å².